The van der Waals surface area contributed by atoms with E-state index in [-0.39, 0.29) is 17.8 Å². The second-order valence-electron chi connectivity index (χ2n) is 11.1. The van der Waals surface area contributed by atoms with E-state index in [9.17, 15) is 23.3 Å². The van der Waals surface area contributed by atoms with Gasteiger partial charge in [-0.05, 0) is 86.8 Å². The number of oxime groups is 1. The van der Waals surface area contributed by atoms with Crippen molar-refractivity contribution in [1.82, 2.24) is 4.72 Å². The number of hydrogen-bond donors (Lipinski definition) is 1. The van der Waals surface area contributed by atoms with Gasteiger partial charge in [0, 0.05) is 18.8 Å². The largest absolute Gasteiger partial charge is 0.457 e. The molecule has 4 atom stereocenters. The molecule has 2 unspecified atom stereocenters. The van der Waals surface area contributed by atoms with Crippen molar-refractivity contribution < 1.29 is 27.0 Å². The van der Waals surface area contributed by atoms with Gasteiger partial charge in [0.15, 0.2) is 0 Å². The van der Waals surface area contributed by atoms with E-state index in [2.05, 4.69) is 22.4 Å². The highest BCUT2D eigenvalue weighted by Crippen LogP contribution is 2.65. The number of allylic oxidation sites excluding steroid dienone is 4. The lowest BCUT2D eigenvalue weighted by molar-refractivity contribution is -0.177. The van der Waals surface area contributed by atoms with Crippen molar-refractivity contribution in [2.45, 2.75) is 103 Å². The number of hydrogen-bond acceptors (Lipinski definition) is 8. The van der Waals surface area contributed by atoms with E-state index in [1.807, 2.05) is 13.0 Å². The van der Waals surface area contributed by atoms with Crippen molar-refractivity contribution in [1.29, 1.82) is 5.26 Å². The Morgan fingerprint density at radius 2 is 2.00 bits per heavy atom. The Bertz CT molecular complexity index is 1200. The molecule has 37 heavy (non-hydrogen) atoms. The molecule has 2 saturated carbocycles. The van der Waals surface area contributed by atoms with E-state index in [0.29, 0.717) is 30.4 Å². The Labute approximate surface area is 219 Å². The Balaban J connectivity index is 1.55. The van der Waals surface area contributed by atoms with Crippen LogP contribution in [0.1, 0.15) is 97.8 Å². The maximum atomic E-state index is 12.7. The summed E-state index contributed by atoms with van der Waals surface area (Å²) in [5.74, 6) is -0.161. The SMILES string of the molecule is CCCCC(=O)O[C@@]1(CC#N)CCC2C3CCC4=CC(=NOS(=O)(=O)NC(C)=O)CCC4=C3CC[C@@]21C. The summed E-state index contributed by atoms with van der Waals surface area (Å²) in [6.07, 6.45) is 10.9. The van der Waals surface area contributed by atoms with Gasteiger partial charge < -0.3 is 4.74 Å². The standard InChI is InChI=1S/C27H37N3O6S/c1-4-5-6-25(32)35-27(15-16-28)14-12-24-23-9-7-19-17-20(29-36-37(33,34)30-18(2)31)8-10-21(19)22(23)11-13-26(24,27)3/h17,23-24H,4-15H2,1-3H3,(H,30,31)/t23?,24?,26-,27+/m0/s1. The molecule has 4 rings (SSSR count). The first-order valence-electron chi connectivity index (χ1n) is 13.3. The normalized spacial score (nSPS) is 31.9. The maximum Gasteiger partial charge on any atom is 0.429 e. The molecule has 0 heterocycles. The molecule has 10 heteroatoms. The predicted molar refractivity (Wildman–Crippen MR) is 137 cm³/mol. The number of fused-ring (bicyclic) bond motifs is 4. The third-order valence-electron chi connectivity index (χ3n) is 8.97. The minimum atomic E-state index is -4.26. The molecule has 0 spiro atoms. The number of rotatable bonds is 8. The lowest BCUT2D eigenvalue weighted by Gasteiger charge is -2.52. The second kappa shape index (κ2) is 10.6. The predicted octanol–water partition coefficient (Wildman–Crippen LogP) is 4.76. The van der Waals surface area contributed by atoms with Crippen molar-refractivity contribution in [2.24, 2.45) is 22.4 Å². The Morgan fingerprint density at radius 3 is 2.70 bits per heavy atom. The van der Waals surface area contributed by atoms with Gasteiger partial charge in [-0.3, -0.25) is 13.9 Å². The number of ether oxygens (including phenoxy) is 1. The van der Waals surface area contributed by atoms with Gasteiger partial charge in [0.25, 0.3) is 0 Å². The quantitative estimate of drug-likeness (QED) is 0.352. The minimum Gasteiger partial charge on any atom is -0.457 e. The van der Waals surface area contributed by atoms with E-state index < -0.39 is 21.8 Å². The summed E-state index contributed by atoms with van der Waals surface area (Å²) in [5, 5.41) is 13.5. The molecule has 1 amide bonds. The first kappa shape index (κ1) is 27.4. The first-order chi connectivity index (χ1) is 17.5. The molecule has 0 aliphatic heterocycles. The summed E-state index contributed by atoms with van der Waals surface area (Å²) >= 11 is 0. The number of nitrogens with zero attached hydrogens (tertiary/aromatic N) is 2. The Hall–Kier alpha value is -2.67. The van der Waals surface area contributed by atoms with Crippen LogP contribution in [-0.4, -0.2) is 31.6 Å². The molecule has 4 aliphatic rings. The summed E-state index contributed by atoms with van der Waals surface area (Å²) in [5.41, 5.74) is 3.59. The van der Waals surface area contributed by atoms with Gasteiger partial charge in [-0.1, -0.05) is 31.0 Å². The zero-order chi connectivity index (χ0) is 26.8. The van der Waals surface area contributed by atoms with Crippen molar-refractivity contribution >= 4 is 27.9 Å². The fraction of sp³-hybridized carbons (Fsp3) is 0.704. The van der Waals surface area contributed by atoms with Crippen molar-refractivity contribution in [3.63, 3.8) is 0 Å². The van der Waals surface area contributed by atoms with Crippen LogP contribution in [0.5, 0.6) is 0 Å². The summed E-state index contributed by atoms with van der Waals surface area (Å²) in [4.78, 5) is 23.7. The summed E-state index contributed by atoms with van der Waals surface area (Å²) < 4.78 is 36.1. The van der Waals surface area contributed by atoms with Gasteiger partial charge in [0.1, 0.15) is 5.60 Å². The number of nitriles is 1. The fourth-order valence-corrected chi connectivity index (χ4v) is 7.80. The van der Waals surface area contributed by atoms with Crippen LogP contribution in [0.3, 0.4) is 0 Å². The molecule has 2 fully saturated rings. The topological polar surface area (TPSA) is 135 Å². The molecule has 0 aromatic rings. The summed E-state index contributed by atoms with van der Waals surface area (Å²) in [6.45, 7) is 5.38. The van der Waals surface area contributed by atoms with Crippen LogP contribution in [0, 0.1) is 28.6 Å². The van der Waals surface area contributed by atoms with Crippen LogP contribution < -0.4 is 4.72 Å². The number of carbonyl (C=O) groups is 2. The van der Waals surface area contributed by atoms with E-state index >= 15 is 0 Å². The second-order valence-corrected chi connectivity index (χ2v) is 12.3. The summed E-state index contributed by atoms with van der Waals surface area (Å²) in [7, 11) is -4.26. The van der Waals surface area contributed by atoms with Gasteiger partial charge in [0.05, 0.1) is 18.2 Å². The van der Waals surface area contributed by atoms with Gasteiger partial charge in [0.2, 0.25) is 5.91 Å². The molecule has 1 N–H and O–H groups in total. The lowest BCUT2D eigenvalue weighted by atomic mass is 9.54. The van der Waals surface area contributed by atoms with Gasteiger partial charge >= 0.3 is 16.3 Å². The van der Waals surface area contributed by atoms with Crippen molar-refractivity contribution in [3.8, 4) is 6.07 Å². The first-order valence-corrected chi connectivity index (χ1v) is 14.8. The third kappa shape index (κ3) is 5.33. The van der Waals surface area contributed by atoms with Crippen molar-refractivity contribution in [2.75, 3.05) is 0 Å². The molecule has 0 bridgehead atoms. The monoisotopic (exact) mass is 531 g/mol. The highest BCUT2D eigenvalue weighted by molar-refractivity contribution is 7.85. The van der Waals surface area contributed by atoms with Crippen LogP contribution in [0.4, 0.5) is 0 Å². The van der Waals surface area contributed by atoms with Crippen LogP contribution in [-0.2, 0) is 28.9 Å². The van der Waals surface area contributed by atoms with Gasteiger partial charge in [-0.25, -0.2) is 4.72 Å². The average Bonchev–Trinajstić information content (AvgIpc) is 3.12. The van der Waals surface area contributed by atoms with Crippen LogP contribution in [0.2, 0.25) is 0 Å². The molecular weight excluding hydrogens is 494 g/mol. The van der Waals surface area contributed by atoms with Crippen LogP contribution in [0.15, 0.2) is 28.0 Å². The zero-order valence-electron chi connectivity index (χ0n) is 22.0. The molecular formula is C27H37N3O6S. The molecule has 202 valence electrons. The zero-order valence-corrected chi connectivity index (χ0v) is 22.8. The highest BCUT2D eigenvalue weighted by atomic mass is 32.2. The average molecular weight is 532 g/mol. The number of nitrogens with one attached hydrogen (secondary N) is 1. The van der Waals surface area contributed by atoms with Gasteiger partial charge in [-0.2, -0.15) is 13.7 Å². The molecule has 0 aromatic carbocycles. The number of amides is 1. The molecule has 0 radical (unpaired) electrons. The third-order valence-corrected chi connectivity index (χ3v) is 9.78. The number of esters is 1. The highest BCUT2D eigenvalue weighted by Gasteiger charge is 2.63. The minimum absolute atomic E-state index is 0.182. The Kier molecular flexibility index (Phi) is 7.84. The van der Waals surface area contributed by atoms with Crippen molar-refractivity contribution in [3.05, 3.63) is 22.8 Å². The Morgan fingerprint density at radius 1 is 1.22 bits per heavy atom. The number of unbranched alkanes of at least 4 members (excludes halogenated alkanes) is 1. The molecule has 0 saturated heterocycles. The summed E-state index contributed by atoms with van der Waals surface area (Å²) in [6, 6.07) is 2.34. The van der Waals surface area contributed by atoms with E-state index in [1.54, 1.807) is 4.72 Å². The molecule has 4 aliphatic carbocycles. The van der Waals surface area contributed by atoms with E-state index in [1.165, 1.54) is 16.7 Å². The lowest BCUT2D eigenvalue weighted by Crippen LogP contribution is -2.52. The van der Waals surface area contributed by atoms with Crippen LogP contribution in [0.25, 0.3) is 0 Å². The molecule has 9 nitrogen and oxygen atoms in total. The van der Waals surface area contributed by atoms with E-state index in [4.69, 9.17) is 4.74 Å². The number of carbonyl (C=O) groups excluding carboxylic acids is 2. The van der Waals surface area contributed by atoms with Gasteiger partial charge in [-0.15, -0.1) is 0 Å². The van der Waals surface area contributed by atoms with E-state index in [0.717, 1.165) is 64.7 Å². The maximum absolute atomic E-state index is 12.7. The smallest absolute Gasteiger partial charge is 0.429 e. The molecule has 0 aromatic heterocycles. The fourth-order valence-electron chi connectivity index (χ4n) is 7.21. The van der Waals surface area contributed by atoms with Crippen LogP contribution >= 0.6 is 0 Å².